The second kappa shape index (κ2) is 8.81. The summed E-state index contributed by atoms with van der Waals surface area (Å²) in [5, 5.41) is 9.16. The predicted octanol–water partition coefficient (Wildman–Crippen LogP) is 4.76. The summed E-state index contributed by atoms with van der Waals surface area (Å²) in [4.78, 5) is 22.3. The lowest BCUT2D eigenvalue weighted by Gasteiger charge is -2.59. The van der Waals surface area contributed by atoms with Crippen LogP contribution in [0.25, 0.3) is 0 Å². The van der Waals surface area contributed by atoms with Crippen molar-refractivity contribution in [3.05, 3.63) is 23.8 Å². The fourth-order valence-corrected chi connectivity index (χ4v) is 5.99. The van der Waals surface area contributed by atoms with Gasteiger partial charge in [0.2, 0.25) is 0 Å². The number of carboxylic acid groups (broad SMARTS) is 1. The average molecular weight is 393 g/mol. The van der Waals surface area contributed by atoms with Crippen molar-refractivity contribution in [1.29, 1.82) is 0 Å². The minimum absolute atomic E-state index is 0.0349. The van der Waals surface area contributed by atoms with Gasteiger partial charge in [-0.25, -0.2) is 4.79 Å². The molecule has 0 aromatic rings. The topological polar surface area (TPSA) is 72.8 Å². The molecule has 158 valence electrons. The van der Waals surface area contributed by atoms with Gasteiger partial charge in [-0.15, -0.1) is 0 Å². The molecule has 1 N–H and O–H groups in total. The summed E-state index contributed by atoms with van der Waals surface area (Å²) in [7, 11) is 1.80. The monoisotopic (exact) mass is 392 g/mol. The number of carboxylic acids is 1. The van der Waals surface area contributed by atoms with Crippen molar-refractivity contribution < 1.29 is 24.2 Å². The zero-order valence-electron chi connectivity index (χ0n) is 18.0. The van der Waals surface area contributed by atoms with E-state index >= 15 is 0 Å². The number of allylic oxidation sites excluding steroid dienone is 1. The Kier molecular flexibility index (Phi) is 7.13. The molecule has 5 nitrogen and oxygen atoms in total. The first-order chi connectivity index (χ1) is 13.0. The van der Waals surface area contributed by atoms with Crippen molar-refractivity contribution in [2.24, 2.45) is 22.7 Å². The molecule has 4 atom stereocenters. The molecule has 5 heteroatoms. The molecule has 2 fully saturated rings. The highest BCUT2D eigenvalue weighted by Crippen LogP contribution is 2.62. The van der Waals surface area contributed by atoms with E-state index in [4.69, 9.17) is 14.6 Å². The highest BCUT2D eigenvalue weighted by Gasteiger charge is 2.55. The number of ether oxygens (including phenoxy) is 2. The van der Waals surface area contributed by atoms with Gasteiger partial charge >= 0.3 is 11.9 Å². The Balaban J connectivity index is 2.22. The third kappa shape index (κ3) is 5.05. The molecule has 0 saturated heterocycles. The van der Waals surface area contributed by atoms with Gasteiger partial charge in [0.25, 0.3) is 0 Å². The number of methoxy groups -OCH3 is 1. The Bertz CT molecular complexity index is 647. The molecule has 2 aliphatic carbocycles. The van der Waals surface area contributed by atoms with Gasteiger partial charge < -0.3 is 14.6 Å². The second-order valence-corrected chi connectivity index (χ2v) is 9.52. The molecule has 0 bridgehead atoms. The van der Waals surface area contributed by atoms with Crippen LogP contribution in [-0.2, 0) is 19.1 Å². The highest BCUT2D eigenvalue weighted by molar-refractivity contribution is 5.80. The van der Waals surface area contributed by atoms with Crippen LogP contribution < -0.4 is 0 Å². The van der Waals surface area contributed by atoms with E-state index in [1.54, 1.807) is 7.11 Å². The molecule has 0 spiro atoms. The van der Waals surface area contributed by atoms with E-state index in [2.05, 4.69) is 27.4 Å². The Hall–Kier alpha value is -1.62. The normalized spacial score (nSPS) is 32.5. The van der Waals surface area contributed by atoms with Crippen molar-refractivity contribution in [3.63, 3.8) is 0 Å². The molecular formula is C23H36O5. The van der Waals surface area contributed by atoms with Crippen LogP contribution in [0.2, 0.25) is 0 Å². The van der Waals surface area contributed by atoms with Crippen LogP contribution >= 0.6 is 0 Å². The quantitative estimate of drug-likeness (QED) is 0.384. The zero-order chi connectivity index (χ0) is 21.1. The first kappa shape index (κ1) is 22.7. The van der Waals surface area contributed by atoms with Gasteiger partial charge in [0.15, 0.2) is 0 Å². The first-order valence-electron chi connectivity index (χ1n) is 10.3. The fraction of sp³-hybridized carbons (Fsp3) is 0.739. The molecule has 0 radical (unpaired) electrons. The Morgan fingerprint density at radius 1 is 1.29 bits per heavy atom. The molecule has 2 saturated carbocycles. The number of hydrogen-bond acceptors (Lipinski definition) is 4. The molecule has 4 unspecified atom stereocenters. The van der Waals surface area contributed by atoms with Crippen LogP contribution in [0.15, 0.2) is 23.8 Å². The van der Waals surface area contributed by atoms with E-state index in [0.717, 1.165) is 32.1 Å². The van der Waals surface area contributed by atoms with Gasteiger partial charge in [0.1, 0.15) is 6.61 Å². The maximum atomic E-state index is 11.2. The van der Waals surface area contributed by atoms with Gasteiger partial charge in [0.05, 0.1) is 6.10 Å². The standard InChI is InChI=1S/C23H36O5/c1-15-7-10-20-22(3,4)12-18(27-6)13-23(20,5)19(15)9-8-17(11-21(25)26)14-28-16(2)24/h11,18-20H,1,7-10,12-14H2,2-6H3,(H,25,26). The van der Waals surface area contributed by atoms with Crippen molar-refractivity contribution in [1.82, 2.24) is 0 Å². The molecule has 2 aliphatic rings. The lowest BCUT2D eigenvalue weighted by Crippen LogP contribution is -2.53. The summed E-state index contributed by atoms with van der Waals surface area (Å²) in [6.07, 6.45) is 7.07. The molecule has 28 heavy (non-hydrogen) atoms. The maximum absolute atomic E-state index is 11.2. The van der Waals surface area contributed by atoms with Gasteiger partial charge in [0, 0.05) is 20.1 Å². The van der Waals surface area contributed by atoms with Gasteiger partial charge in [-0.05, 0) is 66.8 Å². The van der Waals surface area contributed by atoms with Crippen LogP contribution in [-0.4, -0.2) is 36.9 Å². The maximum Gasteiger partial charge on any atom is 0.328 e. The number of esters is 1. The van der Waals surface area contributed by atoms with Crippen molar-refractivity contribution >= 4 is 11.9 Å². The predicted molar refractivity (Wildman–Crippen MR) is 109 cm³/mol. The molecular weight excluding hydrogens is 356 g/mol. The van der Waals surface area contributed by atoms with E-state index in [1.807, 2.05) is 0 Å². The number of aliphatic carboxylic acids is 1. The number of rotatable bonds is 7. The highest BCUT2D eigenvalue weighted by atomic mass is 16.5. The summed E-state index contributed by atoms with van der Waals surface area (Å²) >= 11 is 0. The summed E-state index contributed by atoms with van der Waals surface area (Å²) in [5.74, 6) is -0.519. The third-order valence-electron chi connectivity index (χ3n) is 7.08. The molecule has 0 aromatic heterocycles. The van der Waals surface area contributed by atoms with E-state index < -0.39 is 11.9 Å². The second-order valence-electron chi connectivity index (χ2n) is 9.52. The SMILES string of the molecule is C=C1CCC2C(C)(C)CC(OC)CC2(C)C1CCC(=CC(=O)O)COC(C)=O. The van der Waals surface area contributed by atoms with Gasteiger partial charge in [-0.2, -0.15) is 0 Å². The lowest BCUT2D eigenvalue weighted by atomic mass is 9.46. The summed E-state index contributed by atoms with van der Waals surface area (Å²) in [5.41, 5.74) is 2.17. The first-order valence-corrected chi connectivity index (χ1v) is 10.3. The van der Waals surface area contributed by atoms with Crippen molar-refractivity contribution in [2.45, 2.75) is 72.3 Å². The average Bonchev–Trinajstić information content (AvgIpc) is 2.56. The van der Waals surface area contributed by atoms with E-state index in [-0.39, 0.29) is 23.5 Å². The van der Waals surface area contributed by atoms with Gasteiger partial charge in [-0.1, -0.05) is 32.9 Å². The summed E-state index contributed by atoms with van der Waals surface area (Å²) in [6.45, 7) is 12.8. The minimum atomic E-state index is -1.01. The molecule has 0 heterocycles. The van der Waals surface area contributed by atoms with Crippen LogP contribution in [0.4, 0.5) is 0 Å². The third-order valence-corrected chi connectivity index (χ3v) is 7.08. The van der Waals surface area contributed by atoms with Gasteiger partial charge in [-0.3, -0.25) is 4.79 Å². The fourth-order valence-electron chi connectivity index (χ4n) is 5.99. The minimum Gasteiger partial charge on any atom is -0.478 e. The van der Waals surface area contributed by atoms with E-state index in [0.29, 0.717) is 23.8 Å². The van der Waals surface area contributed by atoms with E-state index in [9.17, 15) is 9.59 Å². The van der Waals surface area contributed by atoms with Crippen LogP contribution in [0.5, 0.6) is 0 Å². The van der Waals surface area contributed by atoms with Crippen LogP contribution in [0.1, 0.15) is 66.2 Å². The van der Waals surface area contributed by atoms with Crippen molar-refractivity contribution in [2.75, 3.05) is 13.7 Å². The largest absolute Gasteiger partial charge is 0.478 e. The molecule has 2 rings (SSSR count). The summed E-state index contributed by atoms with van der Waals surface area (Å²) < 4.78 is 10.8. The Morgan fingerprint density at radius 3 is 2.54 bits per heavy atom. The number of fused-ring (bicyclic) bond motifs is 1. The van der Waals surface area contributed by atoms with Crippen LogP contribution in [0.3, 0.4) is 0 Å². The van der Waals surface area contributed by atoms with Crippen molar-refractivity contribution in [3.8, 4) is 0 Å². The van der Waals surface area contributed by atoms with Crippen LogP contribution in [0, 0.1) is 22.7 Å². The Labute approximate surface area is 169 Å². The Morgan fingerprint density at radius 2 is 1.96 bits per heavy atom. The molecule has 0 aliphatic heterocycles. The lowest BCUT2D eigenvalue weighted by molar-refractivity contribution is -0.140. The zero-order valence-corrected chi connectivity index (χ0v) is 18.0. The molecule has 0 aromatic carbocycles. The number of carbonyl (C=O) groups excluding carboxylic acids is 1. The smallest absolute Gasteiger partial charge is 0.328 e. The van der Waals surface area contributed by atoms with E-state index in [1.165, 1.54) is 18.6 Å². The number of hydrogen-bond donors (Lipinski definition) is 1. The summed E-state index contributed by atoms with van der Waals surface area (Å²) in [6, 6.07) is 0. The molecule has 0 amide bonds. The number of carbonyl (C=O) groups is 2.